The molecule has 5 nitrogen and oxygen atoms in total. The summed E-state index contributed by atoms with van der Waals surface area (Å²) in [6.07, 6.45) is 2.81. The Hall–Kier alpha value is -3.60. The molecule has 0 atom stereocenters. The molecule has 0 bridgehead atoms. The molecular formula is C24H23NO4. The summed E-state index contributed by atoms with van der Waals surface area (Å²) in [7, 11) is 0. The third-order valence-electron chi connectivity index (χ3n) is 4.73. The molecule has 5 heteroatoms. The quantitative estimate of drug-likeness (QED) is 0.508. The molecule has 3 rings (SSSR count). The maximum atomic E-state index is 12.8. The van der Waals surface area contributed by atoms with Crippen molar-refractivity contribution >= 4 is 17.6 Å². The van der Waals surface area contributed by atoms with Crippen LogP contribution in [0, 0.1) is 0 Å². The zero-order valence-corrected chi connectivity index (χ0v) is 16.2. The topological polar surface area (TPSA) is 86.6 Å². The summed E-state index contributed by atoms with van der Waals surface area (Å²) in [5.74, 6) is -1.83. The maximum absolute atomic E-state index is 12.8. The molecule has 0 aliphatic rings. The van der Waals surface area contributed by atoms with E-state index < -0.39 is 11.9 Å². The van der Waals surface area contributed by atoms with Gasteiger partial charge in [-0.3, -0.25) is 4.79 Å². The molecule has 0 radical (unpaired) electrons. The van der Waals surface area contributed by atoms with Gasteiger partial charge in [0.2, 0.25) is 0 Å². The summed E-state index contributed by atoms with van der Waals surface area (Å²) >= 11 is 0. The highest BCUT2D eigenvalue weighted by Gasteiger charge is 2.17. The van der Waals surface area contributed by atoms with Crippen molar-refractivity contribution in [2.45, 2.75) is 26.2 Å². The predicted octanol–water partition coefficient (Wildman–Crippen LogP) is 5.35. The molecule has 0 heterocycles. The normalized spacial score (nSPS) is 10.5. The molecule has 0 fully saturated rings. The van der Waals surface area contributed by atoms with Gasteiger partial charge >= 0.3 is 5.97 Å². The van der Waals surface area contributed by atoms with Crippen LogP contribution in [0.2, 0.25) is 0 Å². The van der Waals surface area contributed by atoms with E-state index in [0.717, 1.165) is 36.0 Å². The lowest BCUT2D eigenvalue weighted by molar-refractivity contribution is 0.0698. The van der Waals surface area contributed by atoms with Gasteiger partial charge in [-0.15, -0.1) is 0 Å². The highest BCUT2D eigenvalue weighted by molar-refractivity contribution is 6.09. The van der Waals surface area contributed by atoms with Gasteiger partial charge in [0.05, 0.1) is 16.8 Å². The number of carbonyl (C=O) groups is 2. The van der Waals surface area contributed by atoms with Crippen LogP contribution in [-0.2, 0) is 6.42 Å². The first kappa shape index (κ1) is 20.1. The zero-order valence-electron chi connectivity index (χ0n) is 16.2. The monoisotopic (exact) mass is 389 g/mol. The number of carboxylic acids is 1. The number of anilines is 1. The summed E-state index contributed by atoms with van der Waals surface area (Å²) in [6, 6.07) is 19.2. The Labute approximate surface area is 169 Å². The molecule has 1 amide bonds. The second-order valence-corrected chi connectivity index (χ2v) is 6.84. The molecule has 3 N–H and O–H groups in total. The van der Waals surface area contributed by atoms with E-state index in [1.165, 1.54) is 12.1 Å². The molecule has 0 aromatic heterocycles. The molecule has 0 unspecified atom stereocenters. The standard InChI is InChI=1S/C24H23NO4/c1-2-3-7-16-10-13-22(26)20(14-16)23(27)25-21-15-18(11-12-19(21)24(28)29)17-8-5-4-6-9-17/h4-6,8-15,26H,2-3,7H2,1H3,(H,25,27)(H,28,29). The van der Waals surface area contributed by atoms with Gasteiger partial charge in [-0.1, -0.05) is 55.8 Å². The van der Waals surface area contributed by atoms with Gasteiger partial charge in [-0.25, -0.2) is 4.79 Å². The van der Waals surface area contributed by atoms with Gasteiger partial charge in [-0.05, 0) is 53.8 Å². The molecule has 0 saturated heterocycles. The fourth-order valence-corrected chi connectivity index (χ4v) is 3.14. The summed E-state index contributed by atoms with van der Waals surface area (Å²) in [4.78, 5) is 24.4. The summed E-state index contributed by atoms with van der Waals surface area (Å²) in [6.45, 7) is 2.08. The van der Waals surface area contributed by atoms with Crippen molar-refractivity contribution in [3.05, 3.63) is 83.4 Å². The van der Waals surface area contributed by atoms with E-state index in [1.54, 1.807) is 24.3 Å². The number of aryl methyl sites for hydroxylation is 1. The first-order valence-corrected chi connectivity index (χ1v) is 9.55. The van der Waals surface area contributed by atoms with Crippen molar-refractivity contribution in [3.63, 3.8) is 0 Å². The molecule has 148 valence electrons. The average molecular weight is 389 g/mol. The molecule has 0 spiro atoms. The van der Waals surface area contributed by atoms with Crippen molar-refractivity contribution in [3.8, 4) is 16.9 Å². The molecule has 29 heavy (non-hydrogen) atoms. The number of nitrogens with one attached hydrogen (secondary N) is 1. The number of phenols is 1. The Morgan fingerprint density at radius 1 is 0.897 bits per heavy atom. The third-order valence-corrected chi connectivity index (χ3v) is 4.73. The SMILES string of the molecule is CCCCc1ccc(O)c(C(=O)Nc2cc(-c3ccccc3)ccc2C(=O)O)c1. The number of hydrogen-bond donors (Lipinski definition) is 3. The Bertz CT molecular complexity index is 1030. The molecule has 0 aliphatic heterocycles. The second-order valence-electron chi connectivity index (χ2n) is 6.84. The van der Waals surface area contributed by atoms with Crippen LogP contribution in [0.15, 0.2) is 66.7 Å². The Morgan fingerprint density at radius 2 is 1.66 bits per heavy atom. The fraction of sp³-hybridized carbons (Fsp3) is 0.167. The maximum Gasteiger partial charge on any atom is 0.337 e. The first-order valence-electron chi connectivity index (χ1n) is 9.55. The number of benzene rings is 3. The van der Waals surface area contributed by atoms with E-state index in [2.05, 4.69) is 12.2 Å². The van der Waals surface area contributed by atoms with Gasteiger partial charge in [0.25, 0.3) is 5.91 Å². The smallest absolute Gasteiger partial charge is 0.337 e. The van der Waals surface area contributed by atoms with Gasteiger partial charge in [0.1, 0.15) is 5.75 Å². The number of aromatic carboxylic acids is 1. The average Bonchev–Trinajstić information content (AvgIpc) is 2.73. The van der Waals surface area contributed by atoms with Crippen molar-refractivity contribution in [1.29, 1.82) is 0 Å². The number of carboxylic acid groups (broad SMARTS) is 1. The lowest BCUT2D eigenvalue weighted by Gasteiger charge is -2.13. The number of phenolic OH excluding ortho intramolecular Hbond substituents is 1. The Kier molecular flexibility index (Phi) is 6.29. The van der Waals surface area contributed by atoms with Crippen LogP contribution in [-0.4, -0.2) is 22.1 Å². The van der Waals surface area contributed by atoms with E-state index in [9.17, 15) is 19.8 Å². The van der Waals surface area contributed by atoms with Crippen LogP contribution in [0.25, 0.3) is 11.1 Å². The van der Waals surface area contributed by atoms with Crippen LogP contribution in [0.5, 0.6) is 5.75 Å². The van der Waals surface area contributed by atoms with E-state index in [1.807, 2.05) is 30.3 Å². The number of rotatable bonds is 7. The minimum atomic E-state index is -1.14. The van der Waals surface area contributed by atoms with Crippen LogP contribution in [0.1, 0.15) is 46.0 Å². The molecule has 3 aromatic carbocycles. The number of unbranched alkanes of at least 4 members (excludes halogenated alkanes) is 1. The van der Waals surface area contributed by atoms with E-state index in [0.29, 0.717) is 0 Å². The van der Waals surface area contributed by atoms with Crippen molar-refractivity contribution in [1.82, 2.24) is 0 Å². The summed E-state index contributed by atoms with van der Waals surface area (Å²) in [5.41, 5.74) is 2.93. The zero-order chi connectivity index (χ0) is 20.8. The highest BCUT2D eigenvalue weighted by Crippen LogP contribution is 2.27. The first-order chi connectivity index (χ1) is 14.0. The minimum Gasteiger partial charge on any atom is -0.507 e. The van der Waals surface area contributed by atoms with Crippen molar-refractivity contribution in [2.24, 2.45) is 0 Å². The van der Waals surface area contributed by atoms with Crippen molar-refractivity contribution < 1.29 is 19.8 Å². The fourth-order valence-electron chi connectivity index (χ4n) is 3.14. The molecule has 0 saturated carbocycles. The number of hydrogen-bond acceptors (Lipinski definition) is 3. The van der Waals surface area contributed by atoms with Gasteiger partial charge in [0, 0.05) is 0 Å². The minimum absolute atomic E-state index is 0.0142. The molecular weight excluding hydrogens is 366 g/mol. The van der Waals surface area contributed by atoms with Gasteiger partial charge in [-0.2, -0.15) is 0 Å². The van der Waals surface area contributed by atoms with Crippen LogP contribution >= 0.6 is 0 Å². The van der Waals surface area contributed by atoms with Gasteiger partial charge in [0.15, 0.2) is 0 Å². The second kappa shape index (κ2) is 9.06. The van der Waals surface area contributed by atoms with E-state index >= 15 is 0 Å². The summed E-state index contributed by atoms with van der Waals surface area (Å²) in [5, 5.41) is 22.3. The lowest BCUT2D eigenvalue weighted by atomic mass is 10.0. The van der Waals surface area contributed by atoms with E-state index in [4.69, 9.17) is 0 Å². The van der Waals surface area contributed by atoms with Crippen LogP contribution < -0.4 is 5.32 Å². The Balaban J connectivity index is 1.94. The lowest BCUT2D eigenvalue weighted by Crippen LogP contribution is -2.15. The predicted molar refractivity (Wildman–Crippen MR) is 114 cm³/mol. The molecule has 0 aliphatic carbocycles. The van der Waals surface area contributed by atoms with Gasteiger partial charge < -0.3 is 15.5 Å². The highest BCUT2D eigenvalue weighted by atomic mass is 16.4. The largest absolute Gasteiger partial charge is 0.507 e. The molecule has 3 aromatic rings. The number of aromatic hydroxyl groups is 1. The van der Waals surface area contributed by atoms with E-state index in [-0.39, 0.29) is 22.6 Å². The number of amides is 1. The van der Waals surface area contributed by atoms with Crippen LogP contribution in [0.3, 0.4) is 0 Å². The van der Waals surface area contributed by atoms with Crippen molar-refractivity contribution in [2.75, 3.05) is 5.32 Å². The van der Waals surface area contributed by atoms with Crippen LogP contribution in [0.4, 0.5) is 5.69 Å². The number of carbonyl (C=O) groups excluding carboxylic acids is 1. The summed E-state index contributed by atoms with van der Waals surface area (Å²) < 4.78 is 0. The third kappa shape index (κ3) is 4.82. The Morgan fingerprint density at radius 3 is 2.34 bits per heavy atom.